The van der Waals surface area contributed by atoms with Crippen molar-refractivity contribution in [2.75, 3.05) is 35.6 Å². The van der Waals surface area contributed by atoms with Gasteiger partial charge in [-0.05, 0) is 57.5 Å². The highest BCUT2D eigenvalue weighted by Gasteiger charge is 2.33. The Bertz CT molecular complexity index is 657. The SMILES string of the molecule is CN(B(N(C)c1ccccc1)N(C)c1ccccc1)c1ccccc1. The highest BCUT2D eigenvalue weighted by molar-refractivity contribution is 6.70. The highest BCUT2D eigenvalue weighted by Crippen LogP contribution is 2.23. The van der Waals surface area contributed by atoms with Crippen molar-refractivity contribution in [2.24, 2.45) is 0 Å². The molecule has 0 aliphatic rings. The molecule has 0 N–H and O–H groups in total. The first kappa shape index (κ1) is 17.0. The van der Waals surface area contributed by atoms with Crippen LogP contribution in [0.2, 0.25) is 0 Å². The number of rotatable bonds is 6. The van der Waals surface area contributed by atoms with Gasteiger partial charge >= 0.3 is 7.12 Å². The first-order valence-corrected chi connectivity index (χ1v) is 8.52. The van der Waals surface area contributed by atoms with Crippen molar-refractivity contribution in [1.82, 2.24) is 0 Å². The predicted octanol–water partition coefficient (Wildman–Crippen LogP) is 4.38. The molecule has 4 heteroatoms. The van der Waals surface area contributed by atoms with Gasteiger partial charge in [-0.3, -0.25) is 0 Å². The van der Waals surface area contributed by atoms with Crippen molar-refractivity contribution >= 4 is 24.2 Å². The van der Waals surface area contributed by atoms with Crippen LogP contribution < -0.4 is 14.4 Å². The van der Waals surface area contributed by atoms with E-state index in [1.165, 1.54) is 17.1 Å². The van der Waals surface area contributed by atoms with E-state index < -0.39 is 0 Å². The molecular weight excluding hydrogens is 305 g/mol. The van der Waals surface area contributed by atoms with E-state index in [0.29, 0.717) is 0 Å². The first-order valence-electron chi connectivity index (χ1n) is 8.52. The summed E-state index contributed by atoms with van der Waals surface area (Å²) in [6.07, 6.45) is 0. The van der Waals surface area contributed by atoms with E-state index in [0.717, 1.165) is 0 Å². The summed E-state index contributed by atoms with van der Waals surface area (Å²) in [7, 11) is 6.45. The van der Waals surface area contributed by atoms with Crippen LogP contribution in [0.25, 0.3) is 0 Å². The first-order chi connectivity index (χ1) is 12.2. The molecule has 0 heterocycles. The van der Waals surface area contributed by atoms with Crippen LogP contribution in [0.3, 0.4) is 0 Å². The second-order valence-corrected chi connectivity index (χ2v) is 6.19. The molecule has 0 atom stereocenters. The summed E-state index contributed by atoms with van der Waals surface area (Å²) in [5.41, 5.74) is 3.54. The van der Waals surface area contributed by atoms with Gasteiger partial charge in [0.05, 0.1) is 0 Å². The number of hydrogen-bond acceptors (Lipinski definition) is 3. The van der Waals surface area contributed by atoms with E-state index >= 15 is 0 Å². The molecule has 0 aromatic heterocycles. The summed E-state index contributed by atoms with van der Waals surface area (Å²) in [5, 5.41) is 0. The smallest absolute Gasteiger partial charge is 0.379 e. The van der Waals surface area contributed by atoms with Crippen molar-refractivity contribution < 1.29 is 0 Å². The van der Waals surface area contributed by atoms with Crippen LogP contribution in [-0.2, 0) is 0 Å². The third-order valence-electron chi connectivity index (χ3n) is 4.53. The third kappa shape index (κ3) is 3.79. The Hall–Kier alpha value is -2.88. The van der Waals surface area contributed by atoms with Crippen LogP contribution in [0.15, 0.2) is 91.0 Å². The Kier molecular flexibility index (Phi) is 5.29. The van der Waals surface area contributed by atoms with E-state index in [2.05, 4.69) is 108 Å². The molecule has 0 fully saturated rings. The quantitative estimate of drug-likeness (QED) is 0.622. The Morgan fingerprint density at radius 2 is 0.680 bits per heavy atom. The molecule has 3 nitrogen and oxygen atoms in total. The Morgan fingerprint density at radius 3 is 0.920 bits per heavy atom. The summed E-state index contributed by atoms with van der Waals surface area (Å²) in [4.78, 5) is 6.88. The molecule has 0 radical (unpaired) electrons. The summed E-state index contributed by atoms with van der Waals surface area (Å²) in [5.74, 6) is 0. The molecule has 0 saturated carbocycles. The lowest BCUT2D eigenvalue weighted by Gasteiger charge is -2.40. The minimum atomic E-state index is 0.0344. The minimum Gasteiger partial charge on any atom is -0.379 e. The van der Waals surface area contributed by atoms with Gasteiger partial charge in [-0.15, -0.1) is 0 Å². The predicted molar refractivity (Wildman–Crippen MR) is 110 cm³/mol. The zero-order valence-corrected chi connectivity index (χ0v) is 15.1. The Morgan fingerprint density at radius 1 is 0.440 bits per heavy atom. The maximum Gasteiger partial charge on any atom is 0.504 e. The van der Waals surface area contributed by atoms with Gasteiger partial charge in [-0.2, -0.15) is 0 Å². The van der Waals surface area contributed by atoms with Crippen LogP contribution >= 0.6 is 0 Å². The number of anilines is 3. The summed E-state index contributed by atoms with van der Waals surface area (Å²) in [6.45, 7) is 0. The van der Waals surface area contributed by atoms with E-state index in [1.54, 1.807) is 0 Å². The van der Waals surface area contributed by atoms with Crippen LogP contribution in [0.5, 0.6) is 0 Å². The standard InChI is InChI=1S/C21H24BN3/c1-23(19-13-7-4-8-14-19)22(24(2)20-15-9-5-10-16-20)25(3)21-17-11-6-12-18-21/h4-18H,1-3H3. The van der Waals surface area contributed by atoms with Crippen molar-refractivity contribution in [1.29, 1.82) is 0 Å². The van der Waals surface area contributed by atoms with E-state index in [1.807, 2.05) is 18.2 Å². The van der Waals surface area contributed by atoms with E-state index in [4.69, 9.17) is 0 Å². The normalized spacial score (nSPS) is 10.2. The minimum absolute atomic E-state index is 0.0344. The van der Waals surface area contributed by atoms with Crippen molar-refractivity contribution in [2.45, 2.75) is 0 Å². The molecule has 0 aliphatic carbocycles. The fraction of sp³-hybridized carbons (Fsp3) is 0.143. The van der Waals surface area contributed by atoms with Gasteiger partial charge in [0.2, 0.25) is 0 Å². The van der Waals surface area contributed by atoms with Crippen LogP contribution in [0.4, 0.5) is 17.1 Å². The number of benzene rings is 3. The van der Waals surface area contributed by atoms with Gasteiger partial charge < -0.3 is 14.4 Å². The fourth-order valence-electron chi connectivity index (χ4n) is 3.17. The van der Waals surface area contributed by atoms with Crippen molar-refractivity contribution in [3.63, 3.8) is 0 Å². The third-order valence-corrected chi connectivity index (χ3v) is 4.53. The maximum atomic E-state index is 2.29. The lowest BCUT2D eigenvalue weighted by atomic mass is 9.82. The molecule has 0 bridgehead atoms. The second-order valence-electron chi connectivity index (χ2n) is 6.19. The molecule has 3 aromatic rings. The topological polar surface area (TPSA) is 9.72 Å². The van der Waals surface area contributed by atoms with Gasteiger partial charge in [-0.25, -0.2) is 0 Å². The molecule has 0 spiro atoms. The lowest BCUT2D eigenvalue weighted by molar-refractivity contribution is 1.11. The molecule has 3 rings (SSSR count). The number of nitrogens with zero attached hydrogens (tertiary/aromatic N) is 3. The highest BCUT2D eigenvalue weighted by atomic mass is 15.3. The van der Waals surface area contributed by atoms with Crippen LogP contribution in [0.1, 0.15) is 0 Å². The average molecular weight is 329 g/mol. The Balaban J connectivity index is 1.99. The molecule has 0 aliphatic heterocycles. The molecule has 126 valence electrons. The van der Waals surface area contributed by atoms with E-state index in [9.17, 15) is 0 Å². The summed E-state index contributed by atoms with van der Waals surface area (Å²) >= 11 is 0. The fourth-order valence-corrected chi connectivity index (χ4v) is 3.17. The molecule has 0 amide bonds. The molecule has 25 heavy (non-hydrogen) atoms. The summed E-state index contributed by atoms with van der Waals surface area (Å²) < 4.78 is 0. The van der Waals surface area contributed by atoms with Gasteiger partial charge in [0.25, 0.3) is 0 Å². The van der Waals surface area contributed by atoms with E-state index in [-0.39, 0.29) is 7.12 Å². The van der Waals surface area contributed by atoms with Crippen LogP contribution in [-0.4, -0.2) is 28.3 Å². The van der Waals surface area contributed by atoms with Gasteiger partial charge in [0.1, 0.15) is 0 Å². The van der Waals surface area contributed by atoms with Gasteiger partial charge in [0.15, 0.2) is 0 Å². The molecular formula is C21H24BN3. The number of hydrogen-bond donors (Lipinski definition) is 0. The van der Waals surface area contributed by atoms with Gasteiger partial charge in [0, 0.05) is 17.1 Å². The maximum absolute atomic E-state index is 2.29. The van der Waals surface area contributed by atoms with Crippen LogP contribution in [0, 0.1) is 0 Å². The zero-order valence-electron chi connectivity index (χ0n) is 15.1. The monoisotopic (exact) mass is 329 g/mol. The largest absolute Gasteiger partial charge is 0.504 e. The lowest BCUT2D eigenvalue weighted by Crippen LogP contribution is -2.60. The summed E-state index contributed by atoms with van der Waals surface area (Å²) in [6, 6.07) is 31.5. The van der Waals surface area contributed by atoms with Crippen molar-refractivity contribution in [3.8, 4) is 0 Å². The molecule has 0 unspecified atom stereocenters. The second kappa shape index (κ2) is 7.80. The molecule has 0 saturated heterocycles. The van der Waals surface area contributed by atoms with Gasteiger partial charge in [-0.1, -0.05) is 54.6 Å². The molecule has 3 aromatic carbocycles. The number of para-hydroxylation sites is 3. The van der Waals surface area contributed by atoms with Crippen molar-refractivity contribution in [3.05, 3.63) is 91.0 Å². The Labute approximate surface area is 151 Å². The zero-order chi connectivity index (χ0) is 17.6. The average Bonchev–Trinajstić information content (AvgIpc) is 2.70.